The molecular weight excluding hydrogens is 352 g/mol. The van der Waals surface area contributed by atoms with Gasteiger partial charge in [0.25, 0.3) is 0 Å². The van der Waals surface area contributed by atoms with Gasteiger partial charge in [-0.1, -0.05) is 20.8 Å². The Hall–Kier alpha value is -0.900. The summed E-state index contributed by atoms with van der Waals surface area (Å²) in [6.07, 6.45) is 8.81. The molecule has 4 aliphatic carbocycles. The van der Waals surface area contributed by atoms with Crippen LogP contribution in [0.2, 0.25) is 0 Å². The molecule has 9 atom stereocenters. The number of carbonyl (C=O) groups is 2. The van der Waals surface area contributed by atoms with Gasteiger partial charge in [-0.2, -0.15) is 0 Å². The molecule has 0 unspecified atom stereocenters. The van der Waals surface area contributed by atoms with Crippen LogP contribution in [0.1, 0.15) is 85.0 Å². The van der Waals surface area contributed by atoms with E-state index >= 15 is 0 Å². The average Bonchev–Trinajstić information content (AvgIpc) is 2.98. The molecule has 4 fully saturated rings. The highest BCUT2D eigenvalue weighted by Crippen LogP contribution is 2.67. The molecule has 0 radical (unpaired) electrons. The molecule has 4 saturated carbocycles. The van der Waals surface area contributed by atoms with E-state index in [-0.39, 0.29) is 29.3 Å². The van der Waals surface area contributed by atoms with Crippen molar-refractivity contribution in [1.82, 2.24) is 0 Å². The maximum absolute atomic E-state index is 13.3. The van der Waals surface area contributed by atoms with Crippen LogP contribution < -0.4 is 0 Å². The van der Waals surface area contributed by atoms with Gasteiger partial charge in [0.15, 0.2) is 0 Å². The molecule has 4 rings (SSSR count). The van der Waals surface area contributed by atoms with E-state index < -0.39 is 5.97 Å². The molecule has 158 valence electrons. The Labute approximate surface area is 169 Å². The Bertz CT molecular complexity index is 645. The predicted octanol–water partition coefficient (Wildman–Crippen LogP) is 4.69. The summed E-state index contributed by atoms with van der Waals surface area (Å²) in [6.45, 7) is 7.06. The Morgan fingerprint density at radius 2 is 1.79 bits per heavy atom. The minimum absolute atomic E-state index is 0.187. The fraction of sp³-hybridized carbons (Fsp3) is 0.917. The van der Waals surface area contributed by atoms with Crippen molar-refractivity contribution in [2.24, 2.45) is 46.3 Å². The zero-order valence-corrected chi connectivity index (χ0v) is 17.8. The van der Waals surface area contributed by atoms with Crippen molar-refractivity contribution in [2.75, 3.05) is 0 Å². The number of aliphatic carboxylic acids is 1. The van der Waals surface area contributed by atoms with E-state index in [1.165, 1.54) is 6.42 Å². The van der Waals surface area contributed by atoms with Crippen LogP contribution in [0.5, 0.6) is 0 Å². The van der Waals surface area contributed by atoms with Crippen LogP contribution in [0.4, 0.5) is 0 Å². The third kappa shape index (κ3) is 3.05. The molecular formula is C24H38O4. The first-order valence-electron chi connectivity index (χ1n) is 11.6. The number of carboxylic acids is 1. The lowest BCUT2D eigenvalue weighted by atomic mass is 9.44. The summed E-state index contributed by atoms with van der Waals surface area (Å²) in [5.41, 5.74) is 0.401. The molecule has 4 heteroatoms. The van der Waals surface area contributed by atoms with Gasteiger partial charge in [-0.25, -0.2) is 0 Å². The summed E-state index contributed by atoms with van der Waals surface area (Å²) >= 11 is 0. The number of fused-ring (bicyclic) bond motifs is 5. The smallest absolute Gasteiger partial charge is 0.303 e. The number of aliphatic hydroxyl groups is 1. The first-order chi connectivity index (χ1) is 13.2. The molecule has 4 aliphatic rings. The van der Waals surface area contributed by atoms with Crippen molar-refractivity contribution in [3.63, 3.8) is 0 Å². The second-order valence-electron chi connectivity index (χ2n) is 11.2. The number of carbonyl (C=O) groups excluding carboxylic acids is 1. The van der Waals surface area contributed by atoms with E-state index in [2.05, 4.69) is 20.8 Å². The van der Waals surface area contributed by atoms with Crippen molar-refractivity contribution < 1.29 is 19.8 Å². The quantitative estimate of drug-likeness (QED) is 0.730. The molecule has 0 spiro atoms. The van der Waals surface area contributed by atoms with Crippen LogP contribution in [0.15, 0.2) is 0 Å². The van der Waals surface area contributed by atoms with E-state index in [4.69, 9.17) is 5.11 Å². The number of rotatable bonds is 4. The highest BCUT2D eigenvalue weighted by molar-refractivity contribution is 5.83. The molecule has 0 aromatic heterocycles. The van der Waals surface area contributed by atoms with E-state index in [9.17, 15) is 14.7 Å². The second-order valence-corrected chi connectivity index (χ2v) is 11.2. The van der Waals surface area contributed by atoms with Gasteiger partial charge in [0, 0.05) is 18.8 Å². The standard InChI is InChI=1S/C24H38O4/c1-14(4-7-21(27)28)17-5-6-18-22-19(9-11-24(17,18)3)23(2)10-8-16(25)12-15(23)13-20(22)26/h14-19,22,25H,4-13H2,1-3H3,(H,27,28)/t14-,15+,16-,17-,18+,19+,22+,23-,24+/m0/s1. The second kappa shape index (κ2) is 7.11. The molecule has 0 aliphatic heterocycles. The van der Waals surface area contributed by atoms with Gasteiger partial charge in [-0.05, 0) is 91.8 Å². The molecule has 28 heavy (non-hydrogen) atoms. The molecule has 0 saturated heterocycles. The summed E-state index contributed by atoms with van der Waals surface area (Å²) < 4.78 is 0. The zero-order chi connectivity index (χ0) is 20.3. The van der Waals surface area contributed by atoms with E-state index in [0.29, 0.717) is 41.8 Å². The number of aliphatic hydroxyl groups excluding tert-OH is 1. The highest BCUT2D eigenvalue weighted by Gasteiger charge is 2.62. The largest absolute Gasteiger partial charge is 0.481 e. The van der Waals surface area contributed by atoms with Crippen LogP contribution in [0.25, 0.3) is 0 Å². The fourth-order valence-corrected chi connectivity index (χ4v) is 8.44. The number of hydrogen-bond donors (Lipinski definition) is 2. The zero-order valence-electron chi connectivity index (χ0n) is 17.8. The minimum atomic E-state index is -0.698. The van der Waals surface area contributed by atoms with Gasteiger partial charge in [-0.15, -0.1) is 0 Å². The molecule has 0 amide bonds. The Morgan fingerprint density at radius 1 is 1.11 bits per heavy atom. The highest BCUT2D eigenvalue weighted by atomic mass is 16.4. The van der Waals surface area contributed by atoms with Gasteiger partial charge in [0.2, 0.25) is 0 Å². The Kier molecular flexibility index (Phi) is 5.17. The van der Waals surface area contributed by atoms with Crippen LogP contribution in [-0.4, -0.2) is 28.1 Å². The molecule has 2 N–H and O–H groups in total. The van der Waals surface area contributed by atoms with E-state index in [1.807, 2.05) is 0 Å². The predicted molar refractivity (Wildman–Crippen MR) is 108 cm³/mol. The summed E-state index contributed by atoms with van der Waals surface area (Å²) in [7, 11) is 0. The average molecular weight is 391 g/mol. The number of carboxylic acid groups (broad SMARTS) is 1. The summed E-state index contributed by atoms with van der Waals surface area (Å²) in [6, 6.07) is 0. The van der Waals surface area contributed by atoms with Crippen LogP contribution in [-0.2, 0) is 9.59 Å². The van der Waals surface area contributed by atoms with Crippen LogP contribution in [0.3, 0.4) is 0 Å². The van der Waals surface area contributed by atoms with Crippen molar-refractivity contribution in [3.05, 3.63) is 0 Å². The van der Waals surface area contributed by atoms with Gasteiger partial charge >= 0.3 is 5.97 Å². The third-order valence-electron chi connectivity index (χ3n) is 10.0. The molecule has 0 aromatic rings. The lowest BCUT2D eigenvalue weighted by Crippen LogP contribution is -2.57. The molecule has 0 aromatic carbocycles. The minimum Gasteiger partial charge on any atom is -0.481 e. The van der Waals surface area contributed by atoms with Gasteiger partial charge in [-0.3, -0.25) is 9.59 Å². The van der Waals surface area contributed by atoms with Crippen LogP contribution in [0, 0.1) is 46.3 Å². The van der Waals surface area contributed by atoms with Crippen molar-refractivity contribution in [2.45, 2.75) is 91.1 Å². The normalized spacial score (nSPS) is 49.1. The lowest BCUT2D eigenvalue weighted by molar-refractivity contribution is -0.160. The van der Waals surface area contributed by atoms with Gasteiger partial charge in [0.05, 0.1) is 6.10 Å². The summed E-state index contributed by atoms with van der Waals surface area (Å²) in [5, 5.41) is 19.3. The number of ketones is 1. The van der Waals surface area contributed by atoms with Crippen molar-refractivity contribution >= 4 is 11.8 Å². The molecule has 0 heterocycles. The summed E-state index contributed by atoms with van der Waals surface area (Å²) in [5.74, 6) is 2.25. The third-order valence-corrected chi connectivity index (χ3v) is 10.0. The lowest BCUT2D eigenvalue weighted by Gasteiger charge is -2.60. The number of hydrogen-bond acceptors (Lipinski definition) is 3. The monoisotopic (exact) mass is 390 g/mol. The van der Waals surface area contributed by atoms with E-state index in [1.54, 1.807) is 0 Å². The Balaban J connectivity index is 1.56. The maximum Gasteiger partial charge on any atom is 0.303 e. The summed E-state index contributed by atoms with van der Waals surface area (Å²) in [4.78, 5) is 24.4. The fourth-order valence-electron chi connectivity index (χ4n) is 8.44. The molecule has 4 nitrogen and oxygen atoms in total. The number of Topliss-reactive ketones (excluding diaryl/α,β-unsaturated/α-hetero) is 1. The van der Waals surface area contributed by atoms with Gasteiger partial charge in [0.1, 0.15) is 5.78 Å². The molecule has 0 bridgehead atoms. The first kappa shape index (κ1) is 20.4. The van der Waals surface area contributed by atoms with Crippen molar-refractivity contribution in [3.8, 4) is 0 Å². The van der Waals surface area contributed by atoms with E-state index in [0.717, 1.165) is 44.9 Å². The SMILES string of the molecule is C[C@@H](CCC(=O)O)[C@@H]1CC[C@@H]2[C@H]3C(=O)C[C@H]4C[C@@H](O)CC[C@]4(C)[C@@H]3CC[C@@]21C. The van der Waals surface area contributed by atoms with Crippen molar-refractivity contribution in [1.29, 1.82) is 0 Å². The first-order valence-corrected chi connectivity index (χ1v) is 11.6. The maximum atomic E-state index is 13.3. The Morgan fingerprint density at radius 3 is 2.50 bits per heavy atom. The van der Waals surface area contributed by atoms with Crippen LogP contribution >= 0.6 is 0 Å². The topological polar surface area (TPSA) is 74.6 Å². The van der Waals surface area contributed by atoms with Gasteiger partial charge < -0.3 is 10.2 Å².